The number of rotatable bonds is 3. The lowest BCUT2D eigenvalue weighted by Crippen LogP contribution is -2.48. The van der Waals surface area contributed by atoms with Gasteiger partial charge in [-0.05, 0) is 18.1 Å². The minimum Gasteiger partial charge on any atom is -0.370 e. The van der Waals surface area contributed by atoms with Gasteiger partial charge in [0.15, 0.2) is 5.96 Å². The van der Waals surface area contributed by atoms with Crippen molar-refractivity contribution in [1.29, 1.82) is 0 Å². The van der Waals surface area contributed by atoms with Crippen LogP contribution in [0.2, 0.25) is 0 Å². The molecule has 1 aromatic carbocycles. The molecule has 1 fully saturated rings. The predicted molar refractivity (Wildman–Crippen MR) is 88.1 cm³/mol. The molecule has 2 heterocycles. The molecular weight excluding hydrogens is 292 g/mol. The van der Waals surface area contributed by atoms with Crippen molar-refractivity contribution in [3.63, 3.8) is 0 Å². The van der Waals surface area contributed by atoms with Gasteiger partial charge in [0.05, 0.1) is 19.7 Å². The zero-order valence-corrected chi connectivity index (χ0v) is 13.5. The third-order valence-electron chi connectivity index (χ3n) is 4.03. The van der Waals surface area contributed by atoms with Gasteiger partial charge in [-0.2, -0.15) is 0 Å². The molecule has 0 amide bonds. The van der Waals surface area contributed by atoms with E-state index >= 15 is 0 Å². The molecule has 2 aromatic rings. The van der Waals surface area contributed by atoms with E-state index in [-0.39, 0.29) is 6.10 Å². The summed E-state index contributed by atoms with van der Waals surface area (Å²) >= 11 is 0. The summed E-state index contributed by atoms with van der Waals surface area (Å²) in [6, 6.07) is 10.2. The Bertz CT molecular complexity index is 654. The first-order chi connectivity index (χ1) is 11.3. The van der Waals surface area contributed by atoms with Crippen LogP contribution in [0.1, 0.15) is 22.9 Å². The fourth-order valence-electron chi connectivity index (χ4n) is 2.81. The van der Waals surface area contributed by atoms with E-state index in [1.54, 1.807) is 13.3 Å². The highest BCUT2D eigenvalue weighted by molar-refractivity contribution is 5.80. The van der Waals surface area contributed by atoms with Gasteiger partial charge in [-0.15, -0.1) is 0 Å². The predicted octanol–water partition coefficient (Wildman–Crippen LogP) is 2.13. The minimum absolute atomic E-state index is 0.0653. The van der Waals surface area contributed by atoms with Crippen LogP contribution in [0.3, 0.4) is 0 Å². The highest BCUT2D eigenvalue weighted by atomic mass is 16.5. The molecule has 0 spiro atoms. The Morgan fingerprint density at radius 2 is 2.26 bits per heavy atom. The normalized spacial score (nSPS) is 19.0. The Morgan fingerprint density at radius 3 is 3.00 bits per heavy atom. The molecular formula is C17H22N4O2. The molecule has 1 aliphatic heterocycles. The van der Waals surface area contributed by atoms with Gasteiger partial charge in [0, 0.05) is 19.7 Å². The van der Waals surface area contributed by atoms with Gasteiger partial charge < -0.3 is 19.5 Å². The van der Waals surface area contributed by atoms with Crippen molar-refractivity contribution in [2.45, 2.75) is 19.6 Å². The number of nitrogens with one attached hydrogen (secondary N) is 1. The quantitative estimate of drug-likeness (QED) is 0.694. The van der Waals surface area contributed by atoms with Crippen LogP contribution in [0.5, 0.6) is 0 Å². The second kappa shape index (κ2) is 7.28. The zero-order chi connectivity index (χ0) is 16.1. The monoisotopic (exact) mass is 314 g/mol. The molecule has 0 bridgehead atoms. The second-order valence-corrected chi connectivity index (χ2v) is 5.55. The molecule has 1 aromatic heterocycles. The van der Waals surface area contributed by atoms with Crippen LogP contribution >= 0.6 is 0 Å². The third kappa shape index (κ3) is 3.71. The summed E-state index contributed by atoms with van der Waals surface area (Å²) in [5.41, 5.74) is 3.35. The van der Waals surface area contributed by atoms with E-state index in [0.717, 1.165) is 24.7 Å². The van der Waals surface area contributed by atoms with E-state index < -0.39 is 0 Å². The maximum Gasteiger partial charge on any atom is 0.194 e. The summed E-state index contributed by atoms with van der Waals surface area (Å²) in [5.74, 6) is 0.856. The lowest BCUT2D eigenvalue weighted by molar-refractivity contribution is -0.00834. The highest BCUT2D eigenvalue weighted by Crippen LogP contribution is 2.24. The van der Waals surface area contributed by atoms with Crippen molar-refractivity contribution in [3.05, 3.63) is 53.4 Å². The van der Waals surface area contributed by atoms with Crippen LogP contribution in [-0.2, 0) is 11.3 Å². The lowest BCUT2D eigenvalue weighted by Gasteiger charge is -2.35. The van der Waals surface area contributed by atoms with E-state index in [9.17, 15) is 0 Å². The summed E-state index contributed by atoms with van der Waals surface area (Å²) in [5, 5.41) is 7.23. The number of ether oxygens (including phenoxy) is 1. The number of aryl methyl sites for hydroxylation is 1. The number of aliphatic imine (C=N–C) groups is 1. The Hall–Kier alpha value is -2.34. The first-order valence-electron chi connectivity index (χ1n) is 7.80. The summed E-state index contributed by atoms with van der Waals surface area (Å²) in [6.07, 6.45) is 1.64. The van der Waals surface area contributed by atoms with Crippen LogP contribution < -0.4 is 5.32 Å². The lowest BCUT2D eigenvalue weighted by atomic mass is 10.0. The first kappa shape index (κ1) is 15.6. The van der Waals surface area contributed by atoms with E-state index in [4.69, 9.17) is 9.26 Å². The number of hydrogen-bond acceptors (Lipinski definition) is 4. The van der Waals surface area contributed by atoms with Gasteiger partial charge >= 0.3 is 0 Å². The highest BCUT2D eigenvalue weighted by Gasteiger charge is 2.25. The molecule has 1 unspecified atom stereocenters. The third-order valence-corrected chi connectivity index (χ3v) is 4.03. The van der Waals surface area contributed by atoms with Crippen molar-refractivity contribution < 1.29 is 9.26 Å². The summed E-state index contributed by atoms with van der Waals surface area (Å²) in [7, 11) is 1.80. The number of guanidine groups is 1. The van der Waals surface area contributed by atoms with E-state index in [1.807, 2.05) is 6.07 Å². The maximum atomic E-state index is 5.97. The van der Waals surface area contributed by atoms with Gasteiger partial charge in [0.2, 0.25) is 0 Å². The van der Waals surface area contributed by atoms with E-state index in [1.165, 1.54) is 11.1 Å². The second-order valence-electron chi connectivity index (χ2n) is 5.55. The molecule has 0 radical (unpaired) electrons. The summed E-state index contributed by atoms with van der Waals surface area (Å²) in [6.45, 7) is 5.00. The van der Waals surface area contributed by atoms with Crippen molar-refractivity contribution in [1.82, 2.24) is 15.4 Å². The Morgan fingerprint density at radius 1 is 1.39 bits per heavy atom. The Labute approximate surface area is 136 Å². The van der Waals surface area contributed by atoms with Gasteiger partial charge in [-0.25, -0.2) is 0 Å². The SMILES string of the molecule is CN=C(NCc1ccon1)N1CCOC(c2ccccc2C)C1. The fraction of sp³-hybridized carbons (Fsp3) is 0.412. The van der Waals surface area contributed by atoms with Crippen LogP contribution in [0.15, 0.2) is 46.1 Å². The minimum atomic E-state index is 0.0653. The number of aromatic nitrogens is 1. The number of morpholine rings is 1. The van der Waals surface area contributed by atoms with Crippen LogP contribution in [0, 0.1) is 6.92 Å². The zero-order valence-electron chi connectivity index (χ0n) is 13.5. The molecule has 6 nitrogen and oxygen atoms in total. The van der Waals surface area contributed by atoms with Gasteiger partial charge in [0.1, 0.15) is 18.1 Å². The van der Waals surface area contributed by atoms with E-state index in [0.29, 0.717) is 13.2 Å². The summed E-state index contributed by atoms with van der Waals surface area (Å²) < 4.78 is 10.8. The molecule has 23 heavy (non-hydrogen) atoms. The topological polar surface area (TPSA) is 62.9 Å². The standard InChI is InChI=1S/C17H22N4O2/c1-13-5-3-4-6-15(13)16-12-21(8-10-22-16)17(18-2)19-11-14-7-9-23-20-14/h3-7,9,16H,8,10-12H2,1-2H3,(H,18,19). The average molecular weight is 314 g/mol. The molecule has 122 valence electrons. The Kier molecular flexibility index (Phi) is 4.92. The van der Waals surface area contributed by atoms with Gasteiger partial charge in [-0.3, -0.25) is 4.99 Å². The van der Waals surface area contributed by atoms with Gasteiger partial charge in [0.25, 0.3) is 0 Å². The smallest absolute Gasteiger partial charge is 0.194 e. The maximum absolute atomic E-state index is 5.97. The van der Waals surface area contributed by atoms with Crippen LogP contribution in [0.4, 0.5) is 0 Å². The molecule has 0 aliphatic carbocycles. The van der Waals surface area contributed by atoms with Crippen LogP contribution in [0.25, 0.3) is 0 Å². The molecule has 3 rings (SSSR count). The van der Waals surface area contributed by atoms with Gasteiger partial charge in [-0.1, -0.05) is 29.4 Å². The largest absolute Gasteiger partial charge is 0.370 e. The van der Waals surface area contributed by atoms with E-state index in [2.05, 4.69) is 51.6 Å². The summed E-state index contributed by atoms with van der Waals surface area (Å²) in [4.78, 5) is 6.60. The van der Waals surface area contributed by atoms with Crippen molar-refractivity contribution >= 4 is 5.96 Å². The molecule has 1 atom stereocenters. The van der Waals surface area contributed by atoms with Crippen molar-refractivity contribution in [2.24, 2.45) is 4.99 Å². The number of benzene rings is 1. The van der Waals surface area contributed by atoms with Crippen LogP contribution in [-0.4, -0.2) is 42.8 Å². The fourth-order valence-corrected chi connectivity index (χ4v) is 2.81. The van der Waals surface area contributed by atoms with Crippen molar-refractivity contribution in [3.8, 4) is 0 Å². The molecule has 0 saturated carbocycles. The Balaban J connectivity index is 1.66. The first-order valence-corrected chi connectivity index (χ1v) is 7.80. The van der Waals surface area contributed by atoms with Crippen molar-refractivity contribution in [2.75, 3.05) is 26.7 Å². The average Bonchev–Trinajstić information content (AvgIpc) is 3.10. The number of hydrogen-bond donors (Lipinski definition) is 1. The number of nitrogens with zero attached hydrogens (tertiary/aromatic N) is 3. The molecule has 1 aliphatic rings. The molecule has 6 heteroatoms. The molecule has 1 saturated heterocycles. The molecule has 1 N–H and O–H groups in total.